The Balaban J connectivity index is 1.69. The van der Waals surface area contributed by atoms with Crippen LogP contribution in [0.25, 0.3) is 0 Å². The standard InChI is InChI=1S/C17H14ClN3O2/c1-11-6-8-12(9-7-11)10-15-20-21-17(23-15)19-16(22)13-4-2-3-5-14(13)18/h2-9H,10H2,1H3,(H,19,21,22). The minimum absolute atomic E-state index is 0.0528. The van der Waals surface area contributed by atoms with Gasteiger partial charge in [0, 0.05) is 0 Å². The fraction of sp³-hybridized carbons (Fsp3) is 0.118. The van der Waals surface area contributed by atoms with Crippen LogP contribution < -0.4 is 5.32 Å². The Morgan fingerprint density at radius 3 is 2.61 bits per heavy atom. The minimum atomic E-state index is -0.388. The topological polar surface area (TPSA) is 68.0 Å². The smallest absolute Gasteiger partial charge is 0.322 e. The number of nitrogens with one attached hydrogen (secondary N) is 1. The maximum absolute atomic E-state index is 12.1. The largest absolute Gasteiger partial charge is 0.407 e. The third-order valence-electron chi connectivity index (χ3n) is 3.28. The first-order valence-electron chi connectivity index (χ1n) is 7.05. The predicted octanol–water partition coefficient (Wildman–Crippen LogP) is 3.87. The average molecular weight is 328 g/mol. The Labute approximate surface area is 138 Å². The van der Waals surface area contributed by atoms with Crippen molar-refractivity contribution in [2.75, 3.05) is 5.32 Å². The highest BCUT2D eigenvalue weighted by Crippen LogP contribution is 2.17. The monoisotopic (exact) mass is 327 g/mol. The number of aryl methyl sites for hydroxylation is 1. The van der Waals surface area contributed by atoms with Crippen LogP contribution in [-0.4, -0.2) is 16.1 Å². The van der Waals surface area contributed by atoms with E-state index in [-0.39, 0.29) is 11.9 Å². The van der Waals surface area contributed by atoms with E-state index in [2.05, 4.69) is 15.5 Å². The van der Waals surface area contributed by atoms with Crippen LogP contribution in [-0.2, 0) is 6.42 Å². The second-order valence-electron chi connectivity index (χ2n) is 5.10. The van der Waals surface area contributed by atoms with Gasteiger partial charge in [0.1, 0.15) is 0 Å². The van der Waals surface area contributed by atoms with E-state index in [9.17, 15) is 4.79 Å². The van der Waals surface area contributed by atoms with E-state index in [4.69, 9.17) is 16.0 Å². The van der Waals surface area contributed by atoms with Crippen molar-refractivity contribution in [2.24, 2.45) is 0 Å². The normalized spacial score (nSPS) is 10.5. The van der Waals surface area contributed by atoms with Crippen LogP contribution in [0.3, 0.4) is 0 Å². The molecule has 0 aliphatic rings. The lowest BCUT2D eigenvalue weighted by molar-refractivity contribution is 0.102. The fourth-order valence-corrected chi connectivity index (χ4v) is 2.29. The van der Waals surface area contributed by atoms with Crippen molar-refractivity contribution in [1.82, 2.24) is 10.2 Å². The van der Waals surface area contributed by atoms with E-state index >= 15 is 0 Å². The van der Waals surface area contributed by atoms with Gasteiger partial charge in [-0.25, -0.2) is 0 Å². The summed E-state index contributed by atoms with van der Waals surface area (Å²) in [7, 11) is 0. The number of nitrogens with zero attached hydrogens (tertiary/aromatic N) is 2. The molecular formula is C17H14ClN3O2. The number of halogens is 1. The summed E-state index contributed by atoms with van der Waals surface area (Å²) in [4.78, 5) is 12.1. The molecule has 0 atom stereocenters. The third-order valence-corrected chi connectivity index (χ3v) is 3.61. The van der Waals surface area contributed by atoms with Crippen LogP contribution >= 0.6 is 11.6 Å². The number of hydrogen-bond donors (Lipinski definition) is 1. The first kappa shape index (κ1) is 15.2. The molecule has 0 fully saturated rings. The number of rotatable bonds is 4. The van der Waals surface area contributed by atoms with E-state index in [1.807, 2.05) is 31.2 Å². The maximum atomic E-state index is 12.1. The van der Waals surface area contributed by atoms with Crippen LogP contribution in [0, 0.1) is 6.92 Å². The van der Waals surface area contributed by atoms with Gasteiger partial charge in [-0.1, -0.05) is 58.7 Å². The molecule has 116 valence electrons. The number of aromatic nitrogens is 2. The van der Waals surface area contributed by atoms with Gasteiger partial charge in [0.05, 0.1) is 17.0 Å². The third kappa shape index (κ3) is 3.76. The highest BCUT2D eigenvalue weighted by atomic mass is 35.5. The van der Waals surface area contributed by atoms with E-state index in [0.29, 0.717) is 22.9 Å². The molecule has 0 spiro atoms. The number of benzene rings is 2. The van der Waals surface area contributed by atoms with E-state index < -0.39 is 0 Å². The summed E-state index contributed by atoms with van der Waals surface area (Å²) >= 11 is 5.98. The lowest BCUT2D eigenvalue weighted by Crippen LogP contribution is -2.12. The number of carbonyl (C=O) groups excluding carboxylic acids is 1. The van der Waals surface area contributed by atoms with Crippen LogP contribution in [0.1, 0.15) is 27.4 Å². The first-order valence-corrected chi connectivity index (χ1v) is 7.43. The van der Waals surface area contributed by atoms with Gasteiger partial charge >= 0.3 is 6.01 Å². The van der Waals surface area contributed by atoms with Gasteiger partial charge in [0.15, 0.2) is 0 Å². The van der Waals surface area contributed by atoms with Crippen molar-refractivity contribution >= 4 is 23.5 Å². The molecule has 0 saturated heterocycles. The van der Waals surface area contributed by atoms with Crippen molar-refractivity contribution < 1.29 is 9.21 Å². The maximum Gasteiger partial charge on any atom is 0.322 e. The van der Waals surface area contributed by atoms with Crippen LogP contribution in [0.5, 0.6) is 0 Å². The van der Waals surface area contributed by atoms with Crippen LogP contribution in [0.4, 0.5) is 6.01 Å². The first-order chi connectivity index (χ1) is 11.1. The van der Waals surface area contributed by atoms with Gasteiger partial charge in [-0.05, 0) is 24.6 Å². The summed E-state index contributed by atoms with van der Waals surface area (Å²) in [6, 6.07) is 14.9. The highest BCUT2D eigenvalue weighted by molar-refractivity contribution is 6.34. The predicted molar refractivity (Wildman–Crippen MR) is 87.7 cm³/mol. The van der Waals surface area contributed by atoms with Crippen molar-refractivity contribution in [2.45, 2.75) is 13.3 Å². The zero-order valence-electron chi connectivity index (χ0n) is 12.4. The van der Waals surface area contributed by atoms with Crippen LogP contribution in [0.2, 0.25) is 5.02 Å². The summed E-state index contributed by atoms with van der Waals surface area (Å²) in [5.41, 5.74) is 2.60. The molecule has 1 amide bonds. The van der Waals surface area contributed by atoms with Gasteiger partial charge < -0.3 is 4.42 Å². The number of hydrogen-bond acceptors (Lipinski definition) is 4. The summed E-state index contributed by atoms with van der Waals surface area (Å²) < 4.78 is 5.45. The lowest BCUT2D eigenvalue weighted by Gasteiger charge is -2.02. The Morgan fingerprint density at radius 1 is 1.13 bits per heavy atom. The molecule has 3 rings (SSSR count). The summed E-state index contributed by atoms with van der Waals surface area (Å²) in [6.45, 7) is 2.03. The second-order valence-corrected chi connectivity index (χ2v) is 5.50. The molecule has 2 aromatic carbocycles. The summed E-state index contributed by atoms with van der Waals surface area (Å²) in [5.74, 6) is 0.0458. The molecular weight excluding hydrogens is 314 g/mol. The Bertz CT molecular complexity index is 828. The highest BCUT2D eigenvalue weighted by Gasteiger charge is 2.14. The molecule has 0 saturated carbocycles. The molecule has 0 unspecified atom stereocenters. The Kier molecular flexibility index (Phi) is 4.39. The Morgan fingerprint density at radius 2 is 1.87 bits per heavy atom. The van der Waals surface area contributed by atoms with Gasteiger partial charge in [-0.3, -0.25) is 10.1 Å². The quantitative estimate of drug-likeness (QED) is 0.789. The summed E-state index contributed by atoms with van der Waals surface area (Å²) in [5, 5.41) is 10.7. The van der Waals surface area contributed by atoms with E-state index in [0.717, 1.165) is 5.56 Å². The average Bonchev–Trinajstić information content (AvgIpc) is 2.97. The van der Waals surface area contributed by atoms with Gasteiger partial charge in [-0.15, -0.1) is 5.10 Å². The van der Waals surface area contributed by atoms with Crippen molar-refractivity contribution in [1.29, 1.82) is 0 Å². The second kappa shape index (κ2) is 6.62. The van der Waals surface area contributed by atoms with Gasteiger partial charge in [0.25, 0.3) is 5.91 Å². The van der Waals surface area contributed by atoms with Gasteiger partial charge in [0.2, 0.25) is 5.89 Å². The SMILES string of the molecule is Cc1ccc(Cc2nnc(NC(=O)c3ccccc3Cl)o2)cc1. The van der Waals surface area contributed by atoms with Crippen molar-refractivity contribution in [3.63, 3.8) is 0 Å². The van der Waals surface area contributed by atoms with Crippen molar-refractivity contribution in [3.8, 4) is 0 Å². The zero-order valence-corrected chi connectivity index (χ0v) is 13.2. The number of anilines is 1. The molecule has 3 aromatic rings. The molecule has 5 nitrogen and oxygen atoms in total. The molecule has 1 aromatic heterocycles. The molecule has 6 heteroatoms. The van der Waals surface area contributed by atoms with Crippen molar-refractivity contribution in [3.05, 3.63) is 76.1 Å². The van der Waals surface area contributed by atoms with Crippen LogP contribution in [0.15, 0.2) is 52.9 Å². The Hall–Kier alpha value is -2.66. The van der Waals surface area contributed by atoms with E-state index in [1.54, 1.807) is 24.3 Å². The lowest BCUT2D eigenvalue weighted by atomic mass is 10.1. The minimum Gasteiger partial charge on any atom is -0.407 e. The molecule has 1 N–H and O–H groups in total. The van der Waals surface area contributed by atoms with Gasteiger partial charge in [-0.2, -0.15) is 0 Å². The molecule has 0 radical (unpaired) electrons. The molecule has 0 aliphatic heterocycles. The summed E-state index contributed by atoms with van der Waals surface area (Å²) in [6.07, 6.45) is 0.509. The fourth-order valence-electron chi connectivity index (χ4n) is 2.07. The molecule has 0 aliphatic carbocycles. The molecule has 23 heavy (non-hydrogen) atoms. The number of amides is 1. The molecule has 1 heterocycles. The van der Waals surface area contributed by atoms with E-state index in [1.165, 1.54) is 5.56 Å². The molecule has 0 bridgehead atoms. The number of carbonyl (C=O) groups is 1. The zero-order chi connectivity index (χ0) is 16.2.